The van der Waals surface area contributed by atoms with Gasteiger partial charge in [-0.25, -0.2) is 0 Å². The third kappa shape index (κ3) is 3.13. The number of carbonyl (C=O) groups is 2. The summed E-state index contributed by atoms with van der Waals surface area (Å²) in [6, 6.07) is 0. The smallest absolute Gasteiger partial charge is 0.227 e. The van der Waals surface area contributed by atoms with E-state index in [1.165, 1.54) is 0 Å². The molecular weight excluding hydrogens is 244 g/mol. The van der Waals surface area contributed by atoms with Crippen molar-refractivity contribution in [2.45, 2.75) is 26.2 Å². The lowest BCUT2D eigenvalue weighted by atomic mass is 10.1. The van der Waals surface area contributed by atoms with Crippen molar-refractivity contribution in [3.63, 3.8) is 0 Å². The predicted molar refractivity (Wildman–Crippen MR) is 71.6 cm³/mol. The fourth-order valence-electron chi connectivity index (χ4n) is 2.21. The molecule has 6 heteroatoms. The number of unbranched alkanes of at least 4 members (excludes halogenated alkanes) is 1. The lowest BCUT2D eigenvalue weighted by Gasteiger charge is -2.14. The lowest BCUT2D eigenvalue weighted by Crippen LogP contribution is -2.33. The van der Waals surface area contributed by atoms with Crippen LogP contribution in [0.1, 0.15) is 26.2 Å². The summed E-state index contributed by atoms with van der Waals surface area (Å²) in [4.78, 5) is 25.5. The summed E-state index contributed by atoms with van der Waals surface area (Å²) in [6.45, 7) is 3.21. The second-order valence-corrected chi connectivity index (χ2v) is 4.92. The zero-order valence-corrected chi connectivity index (χ0v) is 11.4. The van der Waals surface area contributed by atoms with E-state index in [-0.39, 0.29) is 24.2 Å². The molecule has 104 valence electrons. The average Bonchev–Trinajstić information content (AvgIpc) is 2.95. The van der Waals surface area contributed by atoms with E-state index in [0.717, 1.165) is 18.5 Å². The van der Waals surface area contributed by atoms with Crippen molar-refractivity contribution >= 4 is 17.5 Å². The minimum atomic E-state index is -0.246. The first-order valence-electron chi connectivity index (χ1n) is 6.68. The molecule has 0 aromatic carbocycles. The van der Waals surface area contributed by atoms with Gasteiger partial charge in [0.15, 0.2) is 0 Å². The molecule has 6 nitrogen and oxygen atoms in total. The first kappa shape index (κ1) is 13.6. The van der Waals surface area contributed by atoms with Gasteiger partial charge in [-0.1, -0.05) is 13.3 Å². The molecule has 2 amide bonds. The molecule has 0 bridgehead atoms. The van der Waals surface area contributed by atoms with Gasteiger partial charge in [0.2, 0.25) is 11.8 Å². The van der Waals surface area contributed by atoms with Crippen LogP contribution in [0.3, 0.4) is 0 Å². The van der Waals surface area contributed by atoms with Crippen molar-refractivity contribution in [1.82, 2.24) is 15.1 Å². The molecule has 19 heavy (non-hydrogen) atoms. The maximum atomic E-state index is 11.9. The Morgan fingerprint density at radius 2 is 2.37 bits per heavy atom. The largest absolute Gasteiger partial charge is 0.356 e. The molecule has 0 spiro atoms. The maximum Gasteiger partial charge on any atom is 0.227 e. The van der Waals surface area contributed by atoms with Crippen LogP contribution in [0.25, 0.3) is 0 Å². The highest BCUT2D eigenvalue weighted by molar-refractivity contribution is 6.00. The SMILES string of the molecule is CCCCNC(=O)[C@H]1CC(=O)N(c2cnn(C)c2)C1. The molecular formula is C13H20N4O2. The summed E-state index contributed by atoms with van der Waals surface area (Å²) >= 11 is 0. The van der Waals surface area contributed by atoms with Gasteiger partial charge in [-0.05, 0) is 6.42 Å². The molecule has 2 rings (SSSR count). The third-order valence-corrected chi connectivity index (χ3v) is 3.33. The zero-order chi connectivity index (χ0) is 13.8. The van der Waals surface area contributed by atoms with Gasteiger partial charge in [0, 0.05) is 32.8 Å². The third-order valence-electron chi connectivity index (χ3n) is 3.33. The molecule has 1 aliphatic heterocycles. The minimum Gasteiger partial charge on any atom is -0.356 e. The van der Waals surface area contributed by atoms with Crippen LogP contribution >= 0.6 is 0 Å². The van der Waals surface area contributed by atoms with Crippen molar-refractivity contribution in [3.8, 4) is 0 Å². The monoisotopic (exact) mass is 264 g/mol. The van der Waals surface area contributed by atoms with Gasteiger partial charge in [-0.3, -0.25) is 14.3 Å². The first-order chi connectivity index (χ1) is 9.11. The van der Waals surface area contributed by atoms with Crippen molar-refractivity contribution in [1.29, 1.82) is 0 Å². The second-order valence-electron chi connectivity index (χ2n) is 4.92. The minimum absolute atomic E-state index is 0.0105. The number of nitrogens with one attached hydrogen (secondary N) is 1. The van der Waals surface area contributed by atoms with Crippen molar-refractivity contribution in [2.24, 2.45) is 13.0 Å². The van der Waals surface area contributed by atoms with E-state index in [1.807, 2.05) is 0 Å². The Morgan fingerprint density at radius 3 is 3.00 bits per heavy atom. The Bertz CT molecular complexity index is 469. The first-order valence-corrected chi connectivity index (χ1v) is 6.68. The van der Waals surface area contributed by atoms with E-state index in [4.69, 9.17) is 0 Å². The van der Waals surface area contributed by atoms with Crippen LogP contribution in [0, 0.1) is 5.92 Å². The summed E-state index contributed by atoms with van der Waals surface area (Å²) in [7, 11) is 1.80. The van der Waals surface area contributed by atoms with Crippen molar-refractivity contribution < 1.29 is 9.59 Å². The Morgan fingerprint density at radius 1 is 1.58 bits per heavy atom. The van der Waals surface area contributed by atoms with Crippen LogP contribution in [-0.4, -0.2) is 34.7 Å². The predicted octanol–water partition coefficient (Wildman–Crippen LogP) is 0.689. The normalized spacial score (nSPS) is 18.9. The van der Waals surface area contributed by atoms with Crippen LogP contribution in [0.2, 0.25) is 0 Å². The number of carbonyl (C=O) groups excluding carboxylic acids is 2. The quantitative estimate of drug-likeness (QED) is 0.796. The van der Waals surface area contributed by atoms with Crippen LogP contribution < -0.4 is 10.2 Å². The Kier molecular flexibility index (Phi) is 4.19. The molecule has 1 N–H and O–H groups in total. The molecule has 0 unspecified atom stereocenters. The molecule has 0 aliphatic carbocycles. The fourth-order valence-corrected chi connectivity index (χ4v) is 2.21. The van der Waals surface area contributed by atoms with E-state index >= 15 is 0 Å². The Hall–Kier alpha value is -1.85. The number of nitrogens with zero attached hydrogens (tertiary/aromatic N) is 3. The van der Waals surface area contributed by atoms with Crippen LogP contribution in [-0.2, 0) is 16.6 Å². The number of hydrogen-bond acceptors (Lipinski definition) is 3. The number of aromatic nitrogens is 2. The molecule has 1 fully saturated rings. The van der Waals surface area contributed by atoms with E-state index in [0.29, 0.717) is 13.1 Å². The zero-order valence-electron chi connectivity index (χ0n) is 11.4. The molecule has 1 saturated heterocycles. The molecule has 1 atom stereocenters. The van der Waals surface area contributed by atoms with Gasteiger partial charge in [0.1, 0.15) is 0 Å². The van der Waals surface area contributed by atoms with Gasteiger partial charge < -0.3 is 10.2 Å². The highest BCUT2D eigenvalue weighted by atomic mass is 16.2. The highest BCUT2D eigenvalue weighted by Gasteiger charge is 2.35. The molecule has 1 aromatic heterocycles. The van der Waals surface area contributed by atoms with Crippen molar-refractivity contribution in [3.05, 3.63) is 12.4 Å². The van der Waals surface area contributed by atoms with Gasteiger partial charge in [-0.15, -0.1) is 0 Å². The summed E-state index contributed by atoms with van der Waals surface area (Å²) in [6.07, 6.45) is 5.74. The van der Waals surface area contributed by atoms with Gasteiger partial charge in [-0.2, -0.15) is 5.10 Å². The highest BCUT2D eigenvalue weighted by Crippen LogP contribution is 2.24. The topological polar surface area (TPSA) is 67.2 Å². The maximum absolute atomic E-state index is 11.9. The number of hydrogen-bond donors (Lipinski definition) is 1. The van der Waals surface area contributed by atoms with E-state index in [2.05, 4.69) is 17.3 Å². The van der Waals surface area contributed by atoms with Gasteiger partial charge in [0.05, 0.1) is 17.8 Å². The van der Waals surface area contributed by atoms with Crippen LogP contribution in [0.4, 0.5) is 5.69 Å². The fraction of sp³-hybridized carbons (Fsp3) is 0.615. The molecule has 1 aromatic rings. The summed E-state index contributed by atoms with van der Waals surface area (Å²) in [5.41, 5.74) is 0.761. The standard InChI is InChI=1S/C13H20N4O2/c1-3-4-5-14-13(19)10-6-12(18)17(8-10)11-7-15-16(2)9-11/h7,9-10H,3-6,8H2,1-2H3,(H,14,19)/t10-/m0/s1. The summed E-state index contributed by atoms with van der Waals surface area (Å²) < 4.78 is 1.65. The number of amides is 2. The van der Waals surface area contributed by atoms with Crippen molar-refractivity contribution in [2.75, 3.05) is 18.0 Å². The molecule has 0 radical (unpaired) electrons. The second kappa shape index (κ2) is 5.86. The van der Waals surface area contributed by atoms with E-state index < -0.39 is 0 Å². The number of aryl methyl sites for hydroxylation is 1. The van der Waals surface area contributed by atoms with Gasteiger partial charge >= 0.3 is 0 Å². The summed E-state index contributed by atoms with van der Waals surface area (Å²) in [5, 5.41) is 6.93. The average molecular weight is 264 g/mol. The lowest BCUT2D eigenvalue weighted by molar-refractivity contribution is -0.126. The Balaban J connectivity index is 1.93. The van der Waals surface area contributed by atoms with Crippen LogP contribution in [0.5, 0.6) is 0 Å². The molecule has 0 saturated carbocycles. The number of rotatable bonds is 5. The van der Waals surface area contributed by atoms with E-state index in [9.17, 15) is 9.59 Å². The van der Waals surface area contributed by atoms with E-state index in [1.54, 1.807) is 29.0 Å². The van der Waals surface area contributed by atoms with Gasteiger partial charge in [0.25, 0.3) is 0 Å². The summed E-state index contributed by atoms with van der Waals surface area (Å²) in [5.74, 6) is -0.276. The molecule has 1 aliphatic rings. The Labute approximate surface area is 112 Å². The number of anilines is 1. The van der Waals surface area contributed by atoms with Crippen LogP contribution in [0.15, 0.2) is 12.4 Å². The molecule has 2 heterocycles.